The number of aromatic nitrogens is 2. The highest BCUT2D eigenvalue weighted by molar-refractivity contribution is 7.90. The summed E-state index contributed by atoms with van der Waals surface area (Å²) in [5.74, 6) is -0.108. The quantitative estimate of drug-likeness (QED) is 0.636. The van der Waals surface area contributed by atoms with Crippen molar-refractivity contribution in [3.05, 3.63) is 64.2 Å². The van der Waals surface area contributed by atoms with Gasteiger partial charge in [-0.2, -0.15) is 4.31 Å². The average molecular weight is 443 g/mol. The Labute approximate surface area is 179 Å². The van der Waals surface area contributed by atoms with Crippen LogP contribution in [0.3, 0.4) is 0 Å². The molecule has 3 aromatic heterocycles. The highest BCUT2D eigenvalue weighted by Crippen LogP contribution is 2.34. The van der Waals surface area contributed by atoms with Crippen molar-refractivity contribution in [2.45, 2.75) is 31.1 Å². The van der Waals surface area contributed by atoms with Gasteiger partial charge in [-0.25, -0.2) is 13.4 Å². The van der Waals surface area contributed by atoms with Crippen LogP contribution in [0.1, 0.15) is 39.4 Å². The molecular formula is C21H22N4O3S2. The van der Waals surface area contributed by atoms with Crippen molar-refractivity contribution in [3.63, 3.8) is 0 Å². The van der Waals surface area contributed by atoms with Gasteiger partial charge in [0.15, 0.2) is 0 Å². The van der Waals surface area contributed by atoms with Crippen LogP contribution in [0.2, 0.25) is 0 Å². The van der Waals surface area contributed by atoms with E-state index >= 15 is 0 Å². The van der Waals surface area contributed by atoms with Crippen molar-refractivity contribution in [2.75, 3.05) is 13.1 Å². The van der Waals surface area contributed by atoms with E-state index in [1.54, 1.807) is 10.5 Å². The number of thiophene rings is 1. The Morgan fingerprint density at radius 3 is 2.87 bits per heavy atom. The Bertz CT molecular complexity index is 1240. The summed E-state index contributed by atoms with van der Waals surface area (Å²) in [6.07, 6.45) is 9.78. The number of rotatable bonds is 6. The van der Waals surface area contributed by atoms with Crippen molar-refractivity contribution < 1.29 is 13.2 Å². The smallest absolute Gasteiger partial charge is 0.261 e. The molecule has 1 aliphatic heterocycles. The van der Waals surface area contributed by atoms with Gasteiger partial charge in [-0.05, 0) is 54.7 Å². The lowest BCUT2D eigenvalue weighted by Gasteiger charge is -2.25. The van der Waals surface area contributed by atoms with Crippen LogP contribution >= 0.6 is 11.3 Å². The fourth-order valence-electron chi connectivity index (χ4n) is 3.65. The molecule has 9 heteroatoms. The number of hydrogen-bond donors (Lipinski definition) is 1. The van der Waals surface area contributed by atoms with E-state index in [9.17, 15) is 13.2 Å². The number of fused-ring (bicyclic) bond motifs is 1. The molecule has 30 heavy (non-hydrogen) atoms. The van der Waals surface area contributed by atoms with Gasteiger partial charge in [0.1, 0.15) is 5.65 Å². The normalized spacial score (nSPS) is 17.8. The second-order valence-electron chi connectivity index (χ2n) is 7.66. The summed E-state index contributed by atoms with van der Waals surface area (Å²) in [6.45, 7) is 1.37. The molecular weight excluding hydrogens is 420 g/mol. The highest BCUT2D eigenvalue weighted by Gasteiger charge is 2.40. The molecule has 1 aliphatic carbocycles. The number of sulfonamides is 1. The van der Waals surface area contributed by atoms with Gasteiger partial charge in [0.25, 0.3) is 5.91 Å². The summed E-state index contributed by atoms with van der Waals surface area (Å²) < 4.78 is 28.3. The van der Waals surface area contributed by atoms with E-state index in [0.29, 0.717) is 30.9 Å². The van der Waals surface area contributed by atoms with Crippen molar-refractivity contribution in [1.82, 2.24) is 19.0 Å². The Balaban J connectivity index is 1.21. The molecule has 2 aliphatic rings. The number of nitrogens with one attached hydrogen (secondary N) is 1. The Kier molecular flexibility index (Phi) is 4.96. The summed E-state index contributed by atoms with van der Waals surface area (Å²) in [5.41, 5.74) is 2.96. The van der Waals surface area contributed by atoms with Gasteiger partial charge in [0.05, 0.1) is 10.1 Å². The zero-order valence-corrected chi connectivity index (χ0v) is 18.0. The van der Waals surface area contributed by atoms with Gasteiger partial charge in [0, 0.05) is 43.1 Å². The average Bonchev–Trinajstić information content (AvgIpc) is 3.33. The minimum Gasteiger partial charge on any atom is -0.347 e. The number of imidazole rings is 1. The van der Waals surface area contributed by atoms with Crippen LogP contribution in [0, 0.1) is 0 Å². The zero-order valence-electron chi connectivity index (χ0n) is 16.3. The fraction of sp³-hybridized carbons (Fsp3) is 0.333. The third-order valence-corrected chi connectivity index (χ3v) is 9.06. The van der Waals surface area contributed by atoms with Crippen LogP contribution in [0.4, 0.5) is 0 Å². The van der Waals surface area contributed by atoms with Gasteiger partial charge >= 0.3 is 0 Å². The second kappa shape index (κ2) is 7.64. The Morgan fingerprint density at radius 2 is 2.10 bits per heavy atom. The van der Waals surface area contributed by atoms with E-state index < -0.39 is 10.0 Å². The largest absolute Gasteiger partial charge is 0.347 e. The standard InChI is InChI=1S/C21H22N4O3S2/c26-21(23-14-15-5-9-24-12-8-22-20(24)13-15)19-4-3-18(29-19)16-6-10-25(11-7-16)30(27,28)17-1-2-17/h3-6,8-9,12-13,17H,1-2,7,10-11,14H2,(H,23,26). The topological polar surface area (TPSA) is 83.8 Å². The molecule has 0 radical (unpaired) electrons. The predicted octanol–water partition coefficient (Wildman–Crippen LogP) is 2.91. The summed E-state index contributed by atoms with van der Waals surface area (Å²) in [5, 5.41) is 2.79. The third kappa shape index (κ3) is 3.80. The molecule has 5 rings (SSSR count). The maximum Gasteiger partial charge on any atom is 0.261 e. The lowest BCUT2D eigenvalue weighted by molar-refractivity contribution is 0.0955. The number of nitrogens with zero attached hydrogens (tertiary/aromatic N) is 3. The van der Waals surface area contributed by atoms with E-state index in [1.165, 1.54) is 11.3 Å². The van der Waals surface area contributed by atoms with Crippen LogP contribution in [0.25, 0.3) is 11.2 Å². The summed E-state index contributed by atoms with van der Waals surface area (Å²) in [6, 6.07) is 7.70. The zero-order chi connectivity index (χ0) is 20.7. The van der Waals surface area contributed by atoms with Gasteiger partial charge in [0.2, 0.25) is 10.0 Å². The van der Waals surface area contributed by atoms with Crippen molar-refractivity contribution >= 4 is 38.5 Å². The predicted molar refractivity (Wildman–Crippen MR) is 117 cm³/mol. The third-order valence-electron chi connectivity index (χ3n) is 5.54. The number of carbonyl (C=O) groups excluding carboxylic acids is 1. The van der Waals surface area contributed by atoms with Gasteiger partial charge in [-0.1, -0.05) is 6.08 Å². The molecule has 4 heterocycles. The van der Waals surface area contributed by atoms with Crippen molar-refractivity contribution in [2.24, 2.45) is 0 Å². The maximum atomic E-state index is 12.6. The fourth-order valence-corrected chi connectivity index (χ4v) is 6.42. The minimum absolute atomic E-state index is 0.108. The molecule has 0 bridgehead atoms. The SMILES string of the molecule is O=C(NCc1ccn2ccnc2c1)c1ccc(C2=CCN(S(=O)(=O)C3CC3)CC2)s1. The van der Waals surface area contributed by atoms with Crippen LogP contribution in [0.5, 0.6) is 0 Å². The van der Waals surface area contributed by atoms with Crippen LogP contribution in [0.15, 0.2) is 48.9 Å². The molecule has 7 nitrogen and oxygen atoms in total. The number of hydrogen-bond acceptors (Lipinski definition) is 5. The second-order valence-corrected chi connectivity index (χ2v) is 11.0. The van der Waals surface area contributed by atoms with E-state index in [0.717, 1.165) is 34.5 Å². The molecule has 0 spiro atoms. The number of pyridine rings is 1. The van der Waals surface area contributed by atoms with Gasteiger partial charge in [-0.3, -0.25) is 4.79 Å². The summed E-state index contributed by atoms with van der Waals surface area (Å²) in [7, 11) is -3.12. The molecule has 0 atom stereocenters. The Hall–Kier alpha value is -2.49. The highest BCUT2D eigenvalue weighted by atomic mass is 32.2. The first-order valence-electron chi connectivity index (χ1n) is 9.99. The van der Waals surface area contributed by atoms with Gasteiger partial charge < -0.3 is 9.72 Å². The van der Waals surface area contributed by atoms with Crippen LogP contribution in [-0.2, 0) is 16.6 Å². The van der Waals surface area contributed by atoms with E-state index in [4.69, 9.17) is 0 Å². The van der Waals surface area contributed by atoms with E-state index in [-0.39, 0.29) is 11.2 Å². The van der Waals surface area contributed by atoms with Crippen molar-refractivity contribution in [3.8, 4) is 0 Å². The molecule has 156 valence electrons. The first kappa shape index (κ1) is 19.5. The van der Waals surface area contributed by atoms with E-state index in [1.807, 2.05) is 47.1 Å². The minimum atomic E-state index is -3.12. The molecule has 1 saturated carbocycles. The van der Waals surface area contributed by atoms with Crippen LogP contribution in [-0.4, -0.2) is 46.4 Å². The van der Waals surface area contributed by atoms with Crippen LogP contribution < -0.4 is 5.32 Å². The molecule has 1 N–H and O–H groups in total. The molecule has 0 aromatic carbocycles. The van der Waals surface area contributed by atoms with Crippen molar-refractivity contribution in [1.29, 1.82) is 0 Å². The summed E-state index contributed by atoms with van der Waals surface area (Å²) in [4.78, 5) is 18.5. The first-order chi connectivity index (χ1) is 14.5. The Morgan fingerprint density at radius 1 is 1.23 bits per heavy atom. The molecule has 1 amide bonds. The molecule has 3 aromatic rings. The van der Waals surface area contributed by atoms with Gasteiger partial charge in [-0.15, -0.1) is 11.3 Å². The number of carbonyl (C=O) groups is 1. The molecule has 0 saturated heterocycles. The molecule has 1 fully saturated rings. The maximum absolute atomic E-state index is 12.6. The lowest BCUT2D eigenvalue weighted by atomic mass is 10.1. The summed E-state index contributed by atoms with van der Waals surface area (Å²) >= 11 is 1.45. The molecule has 0 unspecified atom stereocenters. The monoisotopic (exact) mass is 442 g/mol. The number of amides is 1. The first-order valence-corrected chi connectivity index (χ1v) is 12.3. The van der Waals surface area contributed by atoms with E-state index in [2.05, 4.69) is 10.3 Å². The lowest BCUT2D eigenvalue weighted by Crippen LogP contribution is -2.36.